The van der Waals surface area contributed by atoms with Crippen LogP contribution in [0.15, 0.2) is 118 Å². The predicted octanol–water partition coefficient (Wildman–Crippen LogP) is 5.27. The van der Waals surface area contributed by atoms with E-state index in [0.717, 1.165) is 22.6 Å². The third-order valence-electron chi connectivity index (χ3n) is 5.70. The molecule has 0 saturated carbocycles. The van der Waals surface area contributed by atoms with E-state index in [2.05, 4.69) is 20.0 Å². The molecule has 0 radical (unpaired) electrons. The van der Waals surface area contributed by atoms with Gasteiger partial charge in [-0.3, -0.25) is 19.1 Å². The van der Waals surface area contributed by atoms with Crippen molar-refractivity contribution in [2.24, 2.45) is 21.5 Å². The van der Waals surface area contributed by atoms with Crippen LogP contribution in [0.25, 0.3) is 22.6 Å². The first-order valence-electron chi connectivity index (χ1n) is 14.3. The van der Waals surface area contributed by atoms with Crippen LogP contribution in [0.2, 0.25) is 0 Å². The van der Waals surface area contributed by atoms with E-state index < -0.39 is 20.2 Å². The van der Waals surface area contributed by atoms with E-state index in [0.29, 0.717) is 52.8 Å². The number of aliphatic imine (C=N–C) groups is 2. The van der Waals surface area contributed by atoms with Crippen LogP contribution in [0.5, 0.6) is 5.75 Å². The van der Waals surface area contributed by atoms with Gasteiger partial charge in [0.2, 0.25) is 0 Å². The van der Waals surface area contributed by atoms with Gasteiger partial charge in [0.25, 0.3) is 20.2 Å². The Bertz CT molecular complexity index is 2060. The number of hydrogen-bond donors (Lipinski definition) is 4. The number of nitrogens with zero attached hydrogens (tertiary/aromatic N) is 4. The molecule has 49 heavy (non-hydrogen) atoms. The summed E-state index contributed by atoms with van der Waals surface area (Å²) < 4.78 is 64.1. The van der Waals surface area contributed by atoms with Crippen molar-refractivity contribution in [1.29, 1.82) is 0 Å². The Morgan fingerprint density at radius 2 is 1.18 bits per heavy atom. The van der Waals surface area contributed by atoms with Crippen molar-refractivity contribution in [2.45, 2.75) is 20.0 Å². The summed E-state index contributed by atoms with van der Waals surface area (Å²) in [4.78, 5) is 17.5. The fraction of sp³-hybridized carbons (Fsp3) is 0.152. The Balaban J connectivity index is 0.000000571. The third kappa shape index (κ3) is 14.1. The van der Waals surface area contributed by atoms with Gasteiger partial charge in [0, 0.05) is 24.0 Å². The van der Waals surface area contributed by atoms with Gasteiger partial charge in [-0.15, -0.1) is 0 Å². The lowest BCUT2D eigenvalue weighted by Gasteiger charge is -2.14. The topological polar surface area (TPSA) is 234 Å². The van der Waals surface area contributed by atoms with Crippen LogP contribution in [0.4, 0.5) is 11.4 Å². The maximum Gasteiger partial charge on any atom is 0.261 e. The van der Waals surface area contributed by atoms with Crippen LogP contribution in [0.3, 0.4) is 0 Å². The summed E-state index contributed by atoms with van der Waals surface area (Å²) in [5.74, 6) is 2.73. The van der Waals surface area contributed by atoms with Crippen LogP contribution in [-0.2, 0) is 20.2 Å². The summed E-state index contributed by atoms with van der Waals surface area (Å²) in [7, 11) is -7.33. The molecule has 6 N–H and O–H groups in total. The number of hydrogen-bond acceptors (Lipinski definition) is 10. The SMILES string of the molecule is CC(C)Oc1cc(N=C(N)c2ccccn2)ccc1-c1ccc(-c2ccc(N=C(N)c3ccccn3)cc2)o1.CS(=O)(=O)O.CS(=O)(=O)O. The molecule has 0 atom stereocenters. The Morgan fingerprint density at radius 1 is 0.714 bits per heavy atom. The minimum Gasteiger partial charge on any atom is -0.490 e. The Hall–Kier alpha value is -5.42. The lowest BCUT2D eigenvalue weighted by Crippen LogP contribution is -2.14. The maximum atomic E-state index is 9.19. The summed E-state index contributed by atoms with van der Waals surface area (Å²) in [6.07, 6.45) is 4.75. The Kier molecular flexibility index (Phi) is 13.3. The monoisotopic (exact) mass is 708 g/mol. The lowest BCUT2D eigenvalue weighted by molar-refractivity contribution is 0.243. The van der Waals surface area contributed by atoms with E-state index in [1.165, 1.54) is 0 Å². The molecule has 0 aliphatic heterocycles. The number of ether oxygens (including phenoxy) is 1. The van der Waals surface area contributed by atoms with E-state index in [1.807, 2.05) is 105 Å². The van der Waals surface area contributed by atoms with Crippen molar-refractivity contribution in [3.63, 3.8) is 0 Å². The number of rotatable bonds is 8. The largest absolute Gasteiger partial charge is 0.490 e. The molecule has 5 rings (SSSR count). The van der Waals surface area contributed by atoms with E-state index in [9.17, 15) is 16.8 Å². The molecular formula is C33H36N6O8S2. The van der Waals surface area contributed by atoms with Gasteiger partial charge in [-0.05, 0) is 86.6 Å². The summed E-state index contributed by atoms with van der Waals surface area (Å²) in [5, 5.41) is 0. The minimum atomic E-state index is -3.67. The van der Waals surface area contributed by atoms with Crippen molar-refractivity contribution >= 4 is 43.3 Å². The molecule has 258 valence electrons. The average Bonchev–Trinajstić information content (AvgIpc) is 3.51. The first-order chi connectivity index (χ1) is 23.0. The summed E-state index contributed by atoms with van der Waals surface area (Å²) >= 11 is 0. The van der Waals surface area contributed by atoms with Crippen LogP contribution in [-0.4, -0.2) is 66.2 Å². The van der Waals surface area contributed by atoms with Gasteiger partial charge in [-0.25, -0.2) is 9.98 Å². The van der Waals surface area contributed by atoms with E-state index in [1.54, 1.807) is 12.4 Å². The molecule has 3 aromatic heterocycles. The maximum absolute atomic E-state index is 9.19. The van der Waals surface area contributed by atoms with E-state index in [4.69, 9.17) is 29.7 Å². The lowest BCUT2D eigenvalue weighted by atomic mass is 10.1. The van der Waals surface area contributed by atoms with Crippen LogP contribution < -0.4 is 16.2 Å². The fourth-order valence-electron chi connectivity index (χ4n) is 3.89. The van der Waals surface area contributed by atoms with Crippen LogP contribution >= 0.6 is 0 Å². The molecule has 0 spiro atoms. The summed E-state index contributed by atoms with van der Waals surface area (Å²) in [6.45, 7) is 3.94. The zero-order valence-electron chi connectivity index (χ0n) is 27.0. The van der Waals surface area contributed by atoms with Crippen LogP contribution in [0.1, 0.15) is 25.2 Å². The molecule has 0 saturated heterocycles. The zero-order valence-corrected chi connectivity index (χ0v) is 28.6. The standard InChI is InChI=1S/C31H28N6O2.2CH4O3S/c1-20(2)38-29-19-23(37-31(33)26-8-4-6-18-35-26)13-14-24(29)28-16-15-27(39-28)21-9-11-22(12-10-21)36-30(32)25-7-3-5-17-34-25;2*1-5(2,3)4/h3-20H,1-2H3,(H2,32,36)(H2,33,37);2*1H3,(H,2,3,4). The molecule has 0 bridgehead atoms. The van der Waals surface area contributed by atoms with Crippen molar-refractivity contribution in [3.05, 3.63) is 115 Å². The minimum absolute atomic E-state index is 0.0443. The third-order valence-corrected chi connectivity index (χ3v) is 5.70. The highest BCUT2D eigenvalue weighted by Crippen LogP contribution is 2.37. The Labute approximate surface area is 284 Å². The van der Waals surface area contributed by atoms with Gasteiger partial charge in [0.1, 0.15) is 40.3 Å². The molecule has 0 unspecified atom stereocenters. The number of aromatic nitrogens is 2. The van der Waals surface area contributed by atoms with Gasteiger partial charge < -0.3 is 20.6 Å². The smallest absolute Gasteiger partial charge is 0.261 e. The van der Waals surface area contributed by atoms with E-state index in [-0.39, 0.29) is 6.10 Å². The predicted molar refractivity (Wildman–Crippen MR) is 190 cm³/mol. The fourth-order valence-corrected chi connectivity index (χ4v) is 3.89. The molecule has 2 aromatic carbocycles. The highest BCUT2D eigenvalue weighted by molar-refractivity contribution is 7.85. The molecule has 0 aliphatic carbocycles. The average molecular weight is 709 g/mol. The molecule has 14 nitrogen and oxygen atoms in total. The van der Waals surface area contributed by atoms with Gasteiger partial charge in [0.15, 0.2) is 0 Å². The number of benzene rings is 2. The molecule has 5 aromatic rings. The molecule has 0 amide bonds. The van der Waals surface area contributed by atoms with Gasteiger partial charge >= 0.3 is 0 Å². The molecule has 3 heterocycles. The molecular weight excluding hydrogens is 673 g/mol. The number of amidine groups is 2. The van der Waals surface area contributed by atoms with Crippen molar-refractivity contribution in [1.82, 2.24) is 9.97 Å². The normalized spacial score (nSPS) is 12.0. The Morgan fingerprint density at radius 3 is 1.65 bits per heavy atom. The van der Waals surface area contributed by atoms with Crippen LogP contribution in [0, 0.1) is 0 Å². The number of pyridine rings is 2. The van der Waals surface area contributed by atoms with Crippen molar-refractivity contribution < 1.29 is 35.1 Å². The summed E-state index contributed by atoms with van der Waals surface area (Å²) in [6, 6.07) is 28.2. The molecule has 0 fully saturated rings. The highest BCUT2D eigenvalue weighted by Gasteiger charge is 2.15. The first-order valence-corrected chi connectivity index (χ1v) is 18.0. The zero-order chi connectivity index (χ0) is 36.2. The number of furan rings is 1. The first kappa shape index (κ1) is 38.0. The van der Waals surface area contributed by atoms with Gasteiger partial charge in [0.05, 0.1) is 35.6 Å². The molecule has 16 heteroatoms. The van der Waals surface area contributed by atoms with E-state index >= 15 is 0 Å². The number of nitrogens with two attached hydrogens (primary N) is 2. The van der Waals surface area contributed by atoms with Crippen molar-refractivity contribution in [2.75, 3.05) is 12.5 Å². The summed E-state index contributed by atoms with van der Waals surface area (Å²) in [5.41, 5.74) is 16.6. The highest BCUT2D eigenvalue weighted by atomic mass is 32.2. The second kappa shape index (κ2) is 17.1. The molecule has 0 aliphatic rings. The van der Waals surface area contributed by atoms with Crippen molar-refractivity contribution in [3.8, 4) is 28.4 Å². The van der Waals surface area contributed by atoms with Gasteiger partial charge in [-0.2, -0.15) is 16.8 Å². The van der Waals surface area contributed by atoms with Gasteiger partial charge in [-0.1, -0.05) is 12.1 Å². The quantitative estimate of drug-likeness (QED) is 0.0917. The second-order valence-electron chi connectivity index (χ2n) is 10.4. The second-order valence-corrected chi connectivity index (χ2v) is 13.4.